The minimum Gasteiger partial charge on any atom is -0.508 e. The van der Waals surface area contributed by atoms with E-state index in [1.165, 1.54) is 0 Å². The van der Waals surface area contributed by atoms with Gasteiger partial charge in [0.1, 0.15) is 5.75 Å². The Kier molecular flexibility index (Phi) is 5.40. The fourth-order valence-corrected chi connectivity index (χ4v) is 1.84. The third-order valence-corrected chi connectivity index (χ3v) is 2.68. The van der Waals surface area contributed by atoms with Crippen molar-refractivity contribution in [3.8, 4) is 5.75 Å². The van der Waals surface area contributed by atoms with Crippen molar-refractivity contribution in [1.29, 1.82) is 0 Å². The SMILES string of the molecule is CCCC(C)C/C(=C\c1ccc(O)cc1)N=O. The second kappa shape index (κ2) is 6.84. The molecule has 0 heterocycles. The molecule has 92 valence electrons. The number of benzene rings is 1. The minimum atomic E-state index is 0.224. The molecule has 0 fully saturated rings. The van der Waals surface area contributed by atoms with E-state index >= 15 is 0 Å². The van der Waals surface area contributed by atoms with E-state index in [4.69, 9.17) is 5.11 Å². The lowest BCUT2D eigenvalue weighted by atomic mass is 9.99. The van der Waals surface area contributed by atoms with Gasteiger partial charge in [0.2, 0.25) is 0 Å². The molecule has 0 amide bonds. The molecule has 1 aromatic rings. The summed E-state index contributed by atoms with van der Waals surface area (Å²) in [6.07, 6.45) is 4.70. The molecule has 0 bridgehead atoms. The molecule has 0 saturated carbocycles. The maximum Gasteiger partial charge on any atom is 0.115 e. The molecule has 1 unspecified atom stereocenters. The molecule has 1 N–H and O–H groups in total. The van der Waals surface area contributed by atoms with Crippen molar-refractivity contribution in [1.82, 2.24) is 0 Å². The highest BCUT2D eigenvalue weighted by atomic mass is 16.3. The summed E-state index contributed by atoms with van der Waals surface area (Å²) in [5, 5.41) is 12.2. The van der Waals surface area contributed by atoms with Crippen molar-refractivity contribution in [2.75, 3.05) is 0 Å². The van der Waals surface area contributed by atoms with Gasteiger partial charge in [0.25, 0.3) is 0 Å². The zero-order valence-corrected chi connectivity index (χ0v) is 10.4. The van der Waals surface area contributed by atoms with Crippen LogP contribution in [0.3, 0.4) is 0 Å². The molecule has 1 rings (SSSR count). The van der Waals surface area contributed by atoms with Crippen molar-refractivity contribution in [3.05, 3.63) is 40.4 Å². The van der Waals surface area contributed by atoms with E-state index in [1.54, 1.807) is 30.3 Å². The first-order valence-electron chi connectivity index (χ1n) is 5.98. The molecule has 0 spiro atoms. The van der Waals surface area contributed by atoms with Crippen LogP contribution < -0.4 is 0 Å². The van der Waals surface area contributed by atoms with Crippen molar-refractivity contribution >= 4 is 6.08 Å². The van der Waals surface area contributed by atoms with Crippen LogP contribution in [0.15, 0.2) is 35.1 Å². The van der Waals surface area contributed by atoms with Gasteiger partial charge in [0.15, 0.2) is 0 Å². The summed E-state index contributed by atoms with van der Waals surface area (Å²) in [4.78, 5) is 10.7. The first-order chi connectivity index (χ1) is 8.15. The van der Waals surface area contributed by atoms with Gasteiger partial charge in [-0.05, 0) is 41.3 Å². The molecule has 0 aliphatic carbocycles. The van der Waals surface area contributed by atoms with Gasteiger partial charge in [0.05, 0.1) is 5.70 Å². The van der Waals surface area contributed by atoms with Gasteiger partial charge in [-0.2, -0.15) is 0 Å². The Balaban J connectivity index is 2.72. The van der Waals surface area contributed by atoms with Crippen LogP contribution in [0.25, 0.3) is 6.08 Å². The molecule has 1 atom stereocenters. The highest BCUT2D eigenvalue weighted by Gasteiger charge is 2.05. The first kappa shape index (κ1) is 13.4. The summed E-state index contributed by atoms with van der Waals surface area (Å²) < 4.78 is 0. The normalized spacial score (nSPS) is 13.4. The Hall–Kier alpha value is -1.64. The number of allylic oxidation sites excluding steroid dienone is 1. The van der Waals surface area contributed by atoms with Gasteiger partial charge in [-0.25, -0.2) is 0 Å². The average molecular weight is 233 g/mol. The first-order valence-corrected chi connectivity index (χ1v) is 5.98. The van der Waals surface area contributed by atoms with E-state index in [9.17, 15) is 4.91 Å². The summed E-state index contributed by atoms with van der Waals surface area (Å²) in [5.74, 6) is 0.697. The summed E-state index contributed by atoms with van der Waals surface area (Å²) in [6.45, 7) is 4.26. The quantitative estimate of drug-likeness (QED) is 0.743. The number of hydrogen-bond donors (Lipinski definition) is 1. The lowest BCUT2D eigenvalue weighted by Crippen LogP contribution is -1.95. The van der Waals surface area contributed by atoms with Gasteiger partial charge in [-0.3, -0.25) is 0 Å². The van der Waals surface area contributed by atoms with Gasteiger partial charge in [-0.15, -0.1) is 4.91 Å². The predicted molar refractivity (Wildman–Crippen MR) is 70.6 cm³/mol. The number of aromatic hydroxyl groups is 1. The molecule has 0 saturated heterocycles. The topological polar surface area (TPSA) is 49.7 Å². The monoisotopic (exact) mass is 233 g/mol. The maximum atomic E-state index is 10.7. The second-order valence-electron chi connectivity index (χ2n) is 4.42. The number of hydrogen-bond acceptors (Lipinski definition) is 3. The van der Waals surface area contributed by atoms with Gasteiger partial charge in [0, 0.05) is 0 Å². The highest BCUT2D eigenvalue weighted by Crippen LogP contribution is 2.20. The van der Waals surface area contributed by atoms with Crippen LogP contribution in [0.4, 0.5) is 0 Å². The fraction of sp³-hybridized carbons (Fsp3) is 0.429. The van der Waals surface area contributed by atoms with Gasteiger partial charge < -0.3 is 5.11 Å². The number of phenols is 1. The Bertz CT molecular complexity index is 382. The molecule has 0 aliphatic heterocycles. The molecular weight excluding hydrogens is 214 g/mol. The summed E-state index contributed by atoms with van der Waals surface area (Å²) in [5.41, 5.74) is 1.46. The van der Waals surface area contributed by atoms with Crippen LogP contribution in [0.2, 0.25) is 0 Å². The van der Waals surface area contributed by atoms with Crippen LogP contribution in [-0.4, -0.2) is 5.11 Å². The van der Waals surface area contributed by atoms with Gasteiger partial charge in [-0.1, -0.05) is 38.8 Å². The van der Waals surface area contributed by atoms with Crippen molar-refractivity contribution in [2.24, 2.45) is 11.1 Å². The molecule has 3 heteroatoms. The molecule has 3 nitrogen and oxygen atoms in total. The van der Waals surface area contributed by atoms with Crippen LogP contribution in [0, 0.1) is 10.8 Å². The van der Waals surface area contributed by atoms with Crippen LogP contribution >= 0.6 is 0 Å². The van der Waals surface area contributed by atoms with E-state index in [0.717, 1.165) is 18.4 Å². The van der Waals surface area contributed by atoms with E-state index in [-0.39, 0.29) is 5.75 Å². The molecule has 0 radical (unpaired) electrons. The van der Waals surface area contributed by atoms with E-state index in [2.05, 4.69) is 19.0 Å². The molecule has 0 aromatic heterocycles. The van der Waals surface area contributed by atoms with Gasteiger partial charge >= 0.3 is 0 Å². The van der Waals surface area contributed by atoms with Crippen LogP contribution in [-0.2, 0) is 0 Å². The number of nitrogens with zero attached hydrogens (tertiary/aromatic N) is 1. The average Bonchev–Trinajstić information content (AvgIpc) is 2.31. The van der Waals surface area contributed by atoms with E-state index < -0.39 is 0 Å². The number of rotatable bonds is 6. The van der Waals surface area contributed by atoms with Crippen molar-refractivity contribution in [2.45, 2.75) is 33.1 Å². The largest absolute Gasteiger partial charge is 0.508 e. The van der Waals surface area contributed by atoms with E-state index in [0.29, 0.717) is 18.0 Å². The fourth-order valence-electron chi connectivity index (χ4n) is 1.84. The lowest BCUT2D eigenvalue weighted by Gasteiger charge is -2.08. The Morgan fingerprint density at radius 2 is 2.06 bits per heavy atom. The Morgan fingerprint density at radius 1 is 1.41 bits per heavy atom. The third-order valence-electron chi connectivity index (χ3n) is 2.68. The van der Waals surface area contributed by atoms with Crippen LogP contribution in [0.1, 0.15) is 38.7 Å². The third kappa shape index (κ3) is 4.81. The lowest BCUT2D eigenvalue weighted by molar-refractivity contribution is 0.475. The zero-order chi connectivity index (χ0) is 12.7. The summed E-state index contributed by atoms with van der Waals surface area (Å²) in [7, 11) is 0. The number of nitroso groups, excluding NO2 is 1. The molecule has 17 heavy (non-hydrogen) atoms. The van der Waals surface area contributed by atoms with Crippen molar-refractivity contribution < 1.29 is 5.11 Å². The highest BCUT2D eigenvalue weighted by molar-refractivity contribution is 5.53. The second-order valence-corrected chi connectivity index (χ2v) is 4.42. The number of phenolic OH excluding ortho intramolecular Hbond substituents is 1. The van der Waals surface area contributed by atoms with Crippen molar-refractivity contribution in [3.63, 3.8) is 0 Å². The smallest absolute Gasteiger partial charge is 0.115 e. The standard InChI is InChI=1S/C14H19NO2/c1-3-4-11(2)9-13(15-17)10-12-5-7-14(16)8-6-12/h5-8,10-11,16H,3-4,9H2,1-2H3/b13-10+. The molecule has 0 aliphatic rings. The predicted octanol–water partition coefficient (Wildman–Crippen LogP) is 4.33. The molecule has 1 aromatic carbocycles. The van der Waals surface area contributed by atoms with E-state index in [1.807, 2.05) is 0 Å². The minimum absolute atomic E-state index is 0.224. The Labute approximate surface area is 102 Å². The zero-order valence-electron chi connectivity index (χ0n) is 10.4. The Morgan fingerprint density at radius 3 is 2.59 bits per heavy atom. The summed E-state index contributed by atoms with van der Waals surface area (Å²) >= 11 is 0. The summed E-state index contributed by atoms with van der Waals surface area (Å²) in [6, 6.07) is 6.74. The maximum absolute atomic E-state index is 10.7. The van der Waals surface area contributed by atoms with Crippen LogP contribution in [0.5, 0.6) is 5.75 Å². The molecular formula is C14H19NO2.